The number of hydrogen-bond donors (Lipinski definition) is 1. The fourth-order valence-corrected chi connectivity index (χ4v) is 2.36. The van der Waals surface area contributed by atoms with E-state index in [0.717, 1.165) is 25.7 Å². The summed E-state index contributed by atoms with van der Waals surface area (Å²) in [5.74, 6) is 0.484. The molecule has 0 atom stereocenters. The Bertz CT molecular complexity index is 439. The van der Waals surface area contributed by atoms with E-state index in [0.29, 0.717) is 5.75 Å². The first-order chi connectivity index (χ1) is 8.56. The average Bonchev–Trinajstić information content (AvgIpc) is 2.34. The van der Waals surface area contributed by atoms with Crippen LogP contribution in [0.3, 0.4) is 0 Å². The van der Waals surface area contributed by atoms with E-state index in [-0.39, 0.29) is 23.5 Å². The Hall–Kier alpha value is -1.58. The van der Waals surface area contributed by atoms with Crippen LogP contribution in [0.4, 0.5) is 10.1 Å². The molecule has 0 bridgehead atoms. The number of nitrogens with two attached hydrogens (primary N) is 1. The Balaban J connectivity index is 1.91. The summed E-state index contributed by atoms with van der Waals surface area (Å²) in [5.41, 5.74) is 5.53. The second kappa shape index (κ2) is 5.38. The topological polar surface area (TPSA) is 52.3 Å². The van der Waals surface area contributed by atoms with E-state index in [1.54, 1.807) is 13.0 Å². The largest absolute Gasteiger partial charge is 0.490 e. The molecular formula is C14H18FNO2. The maximum absolute atomic E-state index is 13.3. The molecule has 1 saturated carbocycles. The second-order valence-electron chi connectivity index (χ2n) is 4.89. The van der Waals surface area contributed by atoms with Gasteiger partial charge in [-0.2, -0.15) is 0 Å². The van der Waals surface area contributed by atoms with Crippen LogP contribution in [0.1, 0.15) is 32.6 Å². The molecule has 4 heteroatoms. The molecule has 18 heavy (non-hydrogen) atoms. The minimum atomic E-state index is -0.454. The lowest BCUT2D eigenvalue weighted by Crippen LogP contribution is -2.27. The van der Waals surface area contributed by atoms with Crippen molar-refractivity contribution >= 4 is 11.5 Å². The van der Waals surface area contributed by atoms with Gasteiger partial charge >= 0.3 is 0 Å². The zero-order valence-electron chi connectivity index (χ0n) is 10.5. The molecule has 98 valence electrons. The standard InChI is InChI=1S/C14H18FNO2/c1-9(17)10-2-4-11(5-3-10)18-12-6-7-14(16)13(15)8-12/h6-8,10-11H,2-5,16H2,1H3. The third-order valence-electron chi connectivity index (χ3n) is 3.52. The summed E-state index contributed by atoms with van der Waals surface area (Å²) in [4.78, 5) is 11.2. The van der Waals surface area contributed by atoms with E-state index in [1.165, 1.54) is 12.1 Å². The molecular weight excluding hydrogens is 233 g/mol. The molecule has 0 amide bonds. The Kier molecular flexibility index (Phi) is 3.84. The van der Waals surface area contributed by atoms with Gasteiger partial charge in [0.15, 0.2) is 0 Å². The molecule has 2 rings (SSSR count). The predicted molar refractivity (Wildman–Crippen MR) is 67.9 cm³/mol. The minimum Gasteiger partial charge on any atom is -0.490 e. The lowest BCUT2D eigenvalue weighted by atomic mass is 9.85. The van der Waals surface area contributed by atoms with Gasteiger partial charge in [-0.05, 0) is 44.7 Å². The highest BCUT2D eigenvalue weighted by atomic mass is 19.1. The molecule has 0 unspecified atom stereocenters. The third kappa shape index (κ3) is 3.00. The number of hydrogen-bond acceptors (Lipinski definition) is 3. The molecule has 0 radical (unpaired) electrons. The van der Waals surface area contributed by atoms with Crippen molar-refractivity contribution in [3.63, 3.8) is 0 Å². The summed E-state index contributed by atoms with van der Waals surface area (Å²) < 4.78 is 19.0. The van der Waals surface area contributed by atoms with E-state index in [2.05, 4.69) is 0 Å². The van der Waals surface area contributed by atoms with Crippen LogP contribution in [0.2, 0.25) is 0 Å². The molecule has 1 aliphatic carbocycles. The number of rotatable bonds is 3. The smallest absolute Gasteiger partial charge is 0.149 e. The molecule has 1 aliphatic rings. The predicted octanol–water partition coefficient (Wildman–Crippen LogP) is 2.93. The van der Waals surface area contributed by atoms with Crippen molar-refractivity contribution < 1.29 is 13.9 Å². The number of Topliss-reactive ketones (excluding diaryl/α,β-unsaturated/α-hetero) is 1. The zero-order valence-corrected chi connectivity index (χ0v) is 10.5. The fraction of sp³-hybridized carbons (Fsp3) is 0.500. The summed E-state index contributed by atoms with van der Waals surface area (Å²) in [7, 11) is 0. The normalized spacial score (nSPS) is 23.7. The lowest BCUT2D eigenvalue weighted by Gasteiger charge is -2.27. The average molecular weight is 251 g/mol. The van der Waals surface area contributed by atoms with Gasteiger partial charge in [0.1, 0.15) is 17.3 Å². The first-order valence-corrected chi connectivity index (χ1v) is 6.28. The van der Waals surface area contributed by atoms with E-state index in [1.807, 2.05) is 0 Å². The van der Waals surface area contributed by atoms with Crippen molar-refractivity contribution in [3.8, 4) is 5.75 Å². The van der Waals surface area contributed by atoms with Crippen molar-refractivity contribution in [1.29, 1.82) is 0 Å². The number of ether oxygens (including phenoxy) is 1. The molecule has 0 saturated heterocycles. The fourth-order valence-electron chi connectivity index (χ4n) is 2.36. The molecule has 0 aliphatic heterocycles. The van der Waals surface area contributed by atoms with Crippen LogP contribution in [0.15, 0.2) is 18.2 Å². The summed E-state index contributed by atoms with van der Waals surface area (Å²) in [6.45, 7) is 1.64. The maximum Gasteiger partial charge on any atom is 0.149 e. The number of ketones is 1. The van der Waals surface area contributed by atoms with Crippen LogP contribution in [0, 0.1) is 11.7 Å². The van der Waals surface area contributed by atoms with Gasteiger partial charge in [-0.3, -0.25) is 4.79 Å². The van der Waals surface area contributed by atoms with Gasteiger partial charge < -0.3 is 10.5 Å². The molecule has 1 aromatic rings. The molecule has 2 N–H and O–H groups in total. The van der Waals surface area contributed by atoms with Crippen LogP contribution in [-0.2, 0) is 4.79 Å². The minimum absolute atomic E-state index is 0.0728. The van der Waals surface area contributed by atoms with E-state index in [4.69, 9.17) is 10.5 Å². The summed E-state index contributed by atoms with van der Waals surface area (Å²) in [6, 6.07) is 4.49. The van der Waals surface area contributed by atoms with Crippen LogP contribution in [0.5, 0.6) is 5.75 Å². The van der Waals surface area contributed by atoms with Crippen molar-refractivity contribution in [1.82, 2.24) is 0 Å². The molecule has 1 aromatic carbocycles. The first kappa shape index (κ1) is 12.9. The van der Waals surface area contributed by atoms with E-state index in [9.17, 15) is 9.18 Å². The van der Waals surface area contributed by atoms with Gasteiger partial charge in [-0.15, -0.1) is 0 Å². The SMILES string of the molecule is CC(=O)C1CCC(Oc2ccc(N)c(F)c2)CC1. The number of carbonyl (C=O) groups excluding carboxylic acids is 1. The number of halogens is 1. The van der Waals surface area contributed by atoms with Gasteiger partial charge in [-0.1, -0.05) is 0 Å². The number of anilines is 1. The second-order valence-corrected chi connectivity index (χ2v) is 4.89. The lowest BCUT2D eigenvalue weighted by molar-refractivity contribution is -0.122. The number of nitrogen functional groups attached to an aromatic ring is 1. The Labute approximate surface area is 106 Å². The Morgan fingerprint density at radius 1 is 1.33 bits per heavy atom. The van der Waals surface area contributed by atoms with Crippen molar-refractivity contribution in [2.75, 3.05) is 5.73 Å². The van der Waals surface area contributed by atoms with E-state index < -0.39 is 5.82 Å². The highest BCUT2D eigenvalue weighted by Crippen LogP contribution is 2.29. The Morgan fingerprint density at radius 3 is 2.56 bits per heavy atom. The van der Waals surface area contributed by atoms with Gasteiger partial charge in [0.05, 0.1) is 11.8 Å². The van der Waals surface area contributed by atoms with Crippen molar-refractivity contribution in [3.05, 3.63) is 24.0 Å². The summed E-state index contributed by atoms with van der Waals surface area (Å²) >= 11 is 0. The monoisotopic (exact) mass is 251 g/mol. The van der Waals surface area contributed by atoms with Gasteiger partial charge in [-0.25, -0.2) is 4.39 Å². The van der Waals surface area contributed by atoms with Gasteiger partial charge in [0, 0.05) is 12.0 Å². The molecule has 1 fully saturated rings. The van der Waals surface area contributed by atoms with Crippen molar-refractivity contribution in [2.45, 2.75) is 38.7 Å². The number of carbonyl (C=O) groups is 1. The zero-order chi connectivity index (χ0) is 13.1. The molecule has 0 aromatic heterocycles. The quantitative estimate of drug-likeness (QED) is 0.840. The highest BCUT2D eigenvalue weighted by molar-refractivity contribution is 5.78. The maximum atomic E-state index is 13.3. The van der Waals surface area contributed by atoms with E-state index >= 15 is 0 Å². The van der Waals surface area contributed by atoms with Crippen LogP contribution in [-0.4, -0.2) is 11.9 Å². The van der Waals surface area contributed by atoms with Crippen LogP contribution in [0.25, 0.3) is 0 Å². The van der Waals surface area contributed by atoms with Gasteiger partial charge in [0.2, 0.25) is 0 Å². The first-order valence-electron chi connectivity index (χ1n) is 6.28. The van der Waals surface area contributed by atoms with Crippen LogP contribution < -0.4 is 10.5 Å². The molecule has 0 spiro atoms. The summed E-state index contributed by atoms with van der Waals surface area (Å²) in [5, 5.41) is 0. The summed E-state index contributed by atoms with van der Waals surface area (Å²) in [6.07, 6.45) is 3.48. The number of benzene rings is 1. The highest BCUT2D eigenvalue weighted by Gasteiger charge is 2.25. The molecule has 3 nitrogen and oxygen atoms in total. The molecule has 0 heterocycles. The van der Waals surface area contributed by atoms with Crippen LogP contribution >= 0.6 is 0 Å². The Morgan fingerprint density at radius 2 is 2.00 bits per heavy atom. The van der Waals surface area contributed by atoms with Crippen molar-refractivity contribution in [2.24, 2.45) is 5.92 Å². The third-order valence-corrected chi connectivity index (χ3v) is 3.52. The van der Waals surface area contributed by atoms with Gasteiger partial charge in [0.25, 0.3) is 0 Å².